The van der Waals surface area contributed by atoms with Crippen molar-refractivity contribution >= 4 is 0 Å². The Hall–Kier alpha value is -0.910. The Morgan fingerprint density at radius 2 is 1.65 bits per heavy atom. The third-order valence-electron chi connectivity index (χ3n) is 5.95. The smallest absolute Gasteiger partial charge is 0.150 e. The first-order valence-corrected chi connectivity index (χ1v) is 9.40. The summed E-state index contributed by atoms with van der Waals surface area (Å²) < 4.78 is 5.32. The minimum Gasteiger partial charge on any atom is -0.360 e. The lowest BCUT2D eigenvalue weighted by molar-refractivity contribution is -0.0131. The number of aromatic nitrogens is 1. The predicted molar refractivity (Wildman–Crippen MR) is 90.3 cm³/mol. The SMILES string of the molecule is Cc1cc(CN2CC(N3CCN(C4CCCCC4)CC3)C2)on1. The molecule has 128 valence electrons. The van der Waals surface area contributed by atoms with E-state index < -0.39 is 0 Å². The average Bonchev–Trinajstić information content (AvgIpc) is 2.97. The molecule has 2 saturated heterocycles. The Morgan fingerprint density at radius 1 is 1.00 bits per heavy atom. The van der Waals surface area contributed by atoms with Gasteiger partial charge in [-0.2, -0.15) is 0 Å². The van der Waals surface area contributed by atoms with E-state index in [2.05, 4.69) is 25.9 Å². The number of hydrogen-bond acceptors (Lipinski definition) is 5. The van der Waals surface area contributed by atoms with Gasteiger partial charge in [0.2, 0.25) is 0 Å². The molecule has 1 aliphatic carbocycles. The zero-order valence-electron chi connectivity index (χ0n) is 14.4. The summed E-state index contributed by atoms with van der Waals surface area (Å²) in [4.78, 5) is 7.95. The number of nitrogens with zero attached hydrogens (tertiary/aromatic N) is 4. The van der Waals surface area contributed by atoms with Crippen molar-refractivity contribution in [2.24, 2.45) is 0 Å². The molecule has 1 aromatic rings. The Labute approximate surface area is 139 Å². The maximum Gasteiger partial charge on any atom is 0.150 e. The average molecular weight is 318 g/mol. The van der Waals surface area contributed by atoms with Gasteiger partial charge in [-0.15, -0.1) is 0 Å². The normalized spacial score (nSPS) is 26.5. The number of hydrogen-bond donors (Lipinski definition) is 0. The van der Waals surface area contributed by atoms with E-state index in [0.717, 1.165) is 30.1 Å². The van der Waals surface area contributed by atoms with E-state index in [1.54, 1.807) is 0 Å². The molecule has 23 heavy (non-hydrogen) atoms. The fourth-order valence-electron chi connectivity index (χ4n) is 4.53. The van der Waals surface area contributed by atoms with Crippen molar-refractivity contribution in [1.82, 2.24) is 19.9 Å². The fraction of sp³-hybridized carbons (Fsp3) is 0.833. The first kappa shape index (κ1) is 15.6. The molecule has 4 rings (SSSR count). The van der Waals surface area contributed by atoms with Crippen molar-refractivity contribution in [3.8, 4) is 0 Å². The molecule has 0 atom stereocenters. The van der Waals surface area contributed by atoms with Gasteiger partial charge in [-0.25, -0.2) is 0 Å². The van der Waals surface area contributed by atoms with Crippen LogP contribution >= 0.6 is 0 Å². The zero-order valence-corrected chi connectivity index (χ0v) is 14.4. The molecule has 5 heteroatoms. The van der Waals surface area contributed by atoms with Crippen LogP contribution < -0.4 is 0 Å². The third kappa shape index (κ3) is 3.62. The van der Waals surface area contributed by atoms with Gasteiger partial charge in [0.25, 0.3) is 0 Å². The first-order chi connectivity index (χ1) is 11.3. The van der Waals surface area contributed by atoms with Crippen LogP contribution in [0.2, 0.25) is 0 Å². The van der Waals surface area contributed by atoms with Crippen LogP contribution in [-0.2, 0) is 6.54 Å². The third-order valence-corrected chi connectivity index (χ3v) is 5.95. The zero-order chi connectivity index (χ0) is 15.6. The van der Waals surface area contributed by atoms with E-state index in [9.17, 15) is 0 Å². The van der Waals surface area contributed by atoms with Crippen molar-refractivity contribution in [1.29, 1.82) is 0 Å². The van der Waals surface area contributed by atoms with Gasteiger partial charge in [0, 0.05) is 57.4 Å². The quantitative estimate of drug-likeness (QED) is 0.850. The van der Waals surface area contributed by atoms with Crippen molar-refractivity contribution in [3.63, 3.8) is 0 Å². The van der Waals surface area contributed by atoms with Crippen LogP contribution in [0.1, 0.15) is 43.6 Å². The summed E-state index contributed by atoms with van der Waals surface area (Å²) in [6, 6.07) is 3.70. The Balaban J connectivity index is 1.18. The molecule has 0 unspecified atom stereocenters. The van der Waals surface area contributed by atoms with Crippen LogP contribution in [0.15, 0.2) is 10.6 Å². The highest BCUT2D eigenvalue weighted by atomic mass is 16.5. The van der Waals surface area contributed by atoms with Gasteiger partial charge in [0.1, 0.15) is 0 Å². The molecule has 3 aliphatic rings. The Morgan fingerprint density at radius 3 is 2.26 bits per heavy atom. The number of likely N-dealkylation sites (tertiary alicyclic amines) is 1. The highest BCUT2D eigenvalue weighted by Crippen LogP contribution is 2.25. The van der Waals surface area contributed by atoms with Gasteiger partial charge in [0.05, 0.1) is 12.2 Å². The van der Waals surface area contributed by atoms with E-state index in [-0.39, 0.29) is 0 Å². The lowest BCUT2D eigenvalue weighted by atomic mass is 9.93. The molecule has 0 bridgehead atoms. The molecular weight excluding hydrogens is 288 g/mol. The highest BCUT2D eigenvalue weighted by molar-refractivity contribution is 5.04. The van der Waals surface area contributed by atoms with Crippen LogP contribution in [0.4, 0.5) is 0 Å². The van der Waals surface area contributed by atoms with Gasteiger partial charge in [0.15, 0.2) is 5.76 Å². The number of piperazine rings is 1. The first-order valence-electron chi connectivity index (χ1n) is 9.40. The van der Waals surface area contributed by atoms with Gasteiger partial charge in [-0.05, 0) is 19.8 Å². The largest absolute Gasteiger partial charge is 0.360 e. The standard InChI is InChI=1S/C18H30N4O/c1-15-11-18(23-19-15)14-20-12-17(13-20)22-9-7-21(8-10-22)16-5-3-2-4-6-16/h11,16-17H,2-10,12-14H2,1H3. The molecule has 0 amide bonds. The van der Waals surface area contributed by atoms with Gasteiger partial charge >= 0.3 is 0 Å². The summed E-state index contributed by atoms with van der Waals surface area (Å²) >= 11 is 0. The summed E-state index contributed by atoms with van der Waals surface area (Å²) in [6.07, 6.45) is 7.23. The molecule has 3 fully saturated rings. The molecule has 0 spiro atoms. The topological polar surface area (TPSA) is 35.8 Å². The monoisotopic (exact) mass is 318 g/mol. The number of rotatable bonds is 4. The molecule has 0 radical (unpaired) electrons. The molecule has 1 aromatic heterocycles. The van der Waals surface area contributed by atoms with Crippen molar-refractivity contribution in [2.75, 3.05) is 39.3 Å². The van der Waals surface area contributed by atoms with Crippen LogP contribution in [0, 0.1) is 6.92 Å². The molecule has 0 aromatic carbocycles. The van der Waals surface area contributed by atoms with E-state index in [1.807, 2.05) is 6.92 Å². The molecule has 1 saturated carbocycles. The van der Waals surface area contributed by atoms with E-state index in [0.29, 0.717) is 0 Å². The van der Waals surface area contributed by atoms with Crippen molar-refractivity contribution in [2.45, 2.75) is 57.7 Å². The fourth-order valence-corrected chi connectivity index (χ4v) is 4.53. The summed E-state index contributed by atoms with van der Waals surface area (Å²) in [5, 5.41) is 3.97. The second-order valence-electron chi connectivity index (χ2n) is 7.65. The Bertz CT molecular complexity index is 497. The predicted octanol–water partition coefficient (Wildman–Crippen LogP) is 2.12. The maximum atomic E-state index is 5.32. The lowest BCUT2D eigenvalue weighted by Gasteiger charge is -2.49. The van der Waals surface area contributed by atoms with Crippen LogP contribution in [0.25, 0.3) is 0 Å². The second kappa shape index (κ2) is 6.91. The maximum absolute atomic E-state index is 5.32. The van der Waals surface area contributed by atoms with Crippen LogP contribution in [-0.4, -0.2) is 71.2 Å². The summed E-state index contributed by atoms with van der Waals surface area (Å²) in [5.41, 5.74) is 0.982. The Kier molecular flexibility index (Phi) is 4.69. The van der Waals surface area contributed by atoms with Gasteiger partial charge in [-0.3, -0.25) is 14.7 Å². The molecule has 0 N–H and O–H groups in total. The number of aryl methyl sites for hydroxylation is 1. The second-order valence-corrected chi connectivity index (χ2v) is 7.65. The van der Waals surface area contributed by atoms with Gasteiger partial charge in [-0.1, -0.05) is 24.4 Å². The van der Waals surface area contributed by atoms with E-state index in [4.69, 9.17) is 4.52 Å². The summed E-state index contributed by atoms with van der Waals surface area (Å²) in [5.74, 6) is 1.00. The van der Waals surface area contributed by atoms with E-state index >= 15 is 0 Å². The molecule has 2 aliphatic heterocycles. The van der Waals surface area contributed by atoms with Crippen LogP contribution in [0.3, 0.4) is 0 Å². The van der Waals surface area contributed by atoms with Crippen LogP contribution in [0.5, 0.6) is 0 Å². The lowest BCUT2D eigenvalue weighted by Crippen LogP contribution is -2.63. The summed E-state index contributed by atoms with van der Waals surface area (Å²) in [7, 11) is 0. The van der Waals surface area contributed by atoms with Crippen molar-refractivity contribution < 1.29 is 4.52 Å². The highest BCUT2D eigenvalue weighted by Gasteiger charge is 2.35. The molecular formula is C18H30N4O. The van der Waals surface area contributed by atoms with Crippen molar-refractivity contribution in [3.05, 3.63) is 17.5 Å². The minimum atomic E-state index is 0.757. The summed E-state index contributed by atoms with van der Waals surface area (Å²) in [6.45, 7) is 10.3. The minimum absolute atomic E-state index is 0.757. The van der Waals surface area contributed by atoms with Gasteiger partial charge < -0.3 is 4.52 Å². The molecule has 5 nitrogen and oxygen atoms in total. The molecule has 3 heterocycles. The van der Waals surface area contributed by atoms with E-state index in [1.165, 1.54) is 71.4 Å².